The van der Waals surface area contributed by atoms with Crippen molar-refractivity contribution in [2.75, 3.05) is 29.9 Å². The van der Waals surface area contributed by atoms with E-state index in [4.69, 9.17) is 17.1 Å². The Balaban J connectivity index is 1.85. The van der Waals surface area contributed by atoms with Crippen molar-refractivity contribution in [3.05, 3.63) is 14.5 Å². The van der Waals surface area contributed by atoms with Gasteiger partial charge in [0.05, 0.1) is 10.6 Å². The van der Waals surface area contributed by atoms with Gasteiger partial charge in [0.1, 0.15) is 0 Å². The Bertz CT molecular complexity index is 884. The molecule has 0 saturated carbocycles. The van der Waals surface area contributed by atoms with Crippen molar-refractivity contribution < 1.29 is 4.84 Å². The summed E-state index contributed by atoms with van der Waals surface area (Å²) in [6, 6.07) is 0.193. The van der Waals surface area contributed by atoms with E-state index in [0.29, 0.717) is 11.9 Å². The standard InChI is InChI=1S/C17H25N7OS2/c1-5-18-14-19-15(23-9-7-8-10-23)21-16(20-14)25-22-11(3)13-12(4)24(6-2)17(26)27-13/h5-10H2,1-4H3,(H,18,19,20,21)/b22-11+. The second-order valence-corrected chi connectivity index (χ2v) is 7.91. The number of rotatable bonds is 7. The van der Waals surface area contributed by atoms with Gasteiger partial charge >= 0.3 is 6.01 Å². The Kier molecular flexibility index (Phi) is 6.38. The van der Waals surface area contributed by atoms with E-state index < -0.39 is 0 Å². The van der Waals surface area contributed by atoms with E-state index in [2.05, 4.69) is 41.8 Å². The maximum atomic E-state index is 5.57. The maximum Gasteiger partial charge on any atom is 0.352 e. The number of nitrogens with one attached hydrogen (secondary N) is 1. The molecule has 2 aromatic heterocycles. The Hall–Kier alpha value is -2.07. The number of hydrogen-bond acceptors (Lipinski definition) is 9. The summed E-state index contributed by atoms with van der Waals surface area (Å²) in [4.78, 5) is 22.0. The highest BCUT2D eigenvalue weighted by Crippen LogP contribution is 2.22. The molecular formula is C17H25N7OS2. The van der Waals surface area contributed by atoms with Gasteiger partial charge in [0.25, 0.3) is 0 Å². The van der Waals surface area contributed by atoms with Gasteiger partial charge in [0.2, 0.25) is 11.9 Å². The molecule has 8 nitrogen and oxygen atoms in total. The molecule has 3 rings (SSSR count). The van der Waals surface area contributed by atoms with E-state index in [1.807, 2.05) is 20.8 Å². The fourth-order valence-corrected chi connectivity index (χ4v) is 4.52. The summed E-state index contributed by atoms with van der Waals surface area (Å²) in [5.41, 5.74) is 1.85. The molecule has 0 radical (unpaired) electrons. The zero-order valence-electron chi connectivity index (χ0n) is 16.2. The number of oxime groups is 1. The largest absolute Gasteiger partial charge is 0.354 e. The zero-order valence-corrected chi connectivity index (χ0v) is 17.8. The summed E-state index contributed by atoms with van der Waals surface area (Å²) in [6.07, 6.45) is 2.29. The first-order valence-corrected chi connectivity index (χ1v) is 10.4. The molecular weight excluding hydrogens is 382 g/mol. The van der Waals surface area contributed by atoms with Crippen LogP contribution in [0.5, 0.6) is 6.01 Å². The van der Waals surface area contributed by atoms with Gasteiger partial charge in [-0.05, 0) is 52.8 Å². The summed E-state index contributed by atoms with van der Waals surface area (Å²) < 4.78 is 2.93. The van der Waals surface area contributed by atoms with Gasteiger partial charge < -0.3 is 19.6 Å². The molecule has 1 saturated heterocycles. The number of thiazole rings is 1. The van der Waals surface area contributed by atoms with Crippen LogP contribution in [0, 0.1) is 10.9 Å². The Morgan fingerprint density at radius 1 is 1.26 bits per heavy atom. The quantitative estimate of drug-likeness (QED) is 0.426. The molecule has 1 fully saturated rings. The SMILES string of the molecule is CCNc1nc(O/N=C(\C)c2sc(=S)n(CC)c2C)nc(N2CCCC2)n1. The molecule has 1 aliphatic heterocycles. The fraction of sp³-hybridized carbons (Fsp3) is 0.588. The van der Waals surface area contributed by atoms with E-state index in [1.54, 1.807) is 0 Å². The summed E-state index contributed by atoms with van der Waals surface area (Å²) in [6.45, 7) is 11.5. The van der Waals surface area contributed by atoms with Crippen LogP contribution in [0.4, 0.5) is 11.9 Å². The number of hydrogen-bond donors (Lipinski definition) is 1. The molecule has 0 amide bonds. The molecule has 146 valence electrons. The summed E-state index contributed by atoms with van der Waals surface area (Å²) in [5.74, 6) is 1.13. The van der Waals surface area contributed by atoms with E-state index >= 15 is 0 Å². The van der Waals surface area contributed by atoms with Crippen molar-refractivity contribution in [2.45, 2.75) is 47.1 Å². The van der Waals surface area contributed by atoms with E-state index in [-0.39, 0.29) is 6.01 Å². The van der Waals surface area contributed by atoms with E-state index in [1.165, 1.54) is 11.3 Å². The summed E-state index contributed by atoms with van der Waals surface area (Å²) >= 11 is 6.96. The molecule has 0 bridgehead atoms. The van der Waals surface area contributed by atoms with E-state index in [0.717, 1.165) is 59.3 Å². The molecule has 10 heteroatoms. The second-order valence-electron chi connectivity index (χ2n) is 6.26. The van der Waals surface area contributed by atoms with Crippen LogP contribution in [0.1, 0.15) is 44.2 Å². The highest BCUT2D eigenvalue weighted by Gasteiger charge is 2.18. The van der Waals surface area contributed by atoms with Gasteiger partial charge in [0, 0.05) is 31.9 Å². The first kappa shape index (κ1) is 19.7. The van der Waals surface area contributed by atoms with Gasteiger partial charge in [-0.3, -0.25) is 0 Å². The lowest BCUT2D eigenvalue weighted by molar-refractivity contribution is 0.312. The van der Waals surface area contributed by atoms with Crippen molar-refractivity contribution in [1.29, 1.82) is 0 Å². The first-order chi connectivity index (χ1) is 13.0. The Labute approximate surface area is 168 Å². The molecule has 1 aliphatic rings. The molecule has 0 unspecified atom stereocenters. The van der Waals surface area contributed by atoms with Crippen LogP contribution in [0.15, 0.2) is 5.16 Å². The normalized spacial score (nSPS) is 14.7. The van der Waals surface area contributed by atoms with Crippen LogP contribution in [0.2, 0.25) is 0 Å². The first-order valence-electron chi connectivity index (χ1n) is 9.20. The van der Waals surface area contributed by atoms with Crippen LogP contribution in [0.25, 0.3) is 0 Å². The van der Waals surface area contributed by atoms with Gasteiger partial charge in [-0.15, -0.1) is 11.3 Å². The van der Waals surface area contributed by atoms with Crippen LogP contribution < -0.4 is 15.1 Å². The van der Waals surface area contributed by atoms with Crippen molar-refractivity contribution in [3.8, 4) is 6.01 Å². The fourth-order valence-electron chi connectivity index (χ4n) is 3.01. The summed E-state index contributed by atoms with van der Waals surface area (Å²) in [7, 11) is 0. The molecule has 0 aliphatic carbocycles. The molecule has 0 spiro atoms. The minimum absolute atomic E-state index is 0.193. The lowest BCUT2D eigenvalue weighted by Gasteiger charge is -2.15. The number of anilines is 2. The molecule has 1 N–H and O–H groups in total. The third-order valence-corrected chi connectivity index (χ3v) is 6.04. The number of nitrogens with zero attached hydrogens (tertiary/aromatic N) is 6. The molecule has 0 atom stereocenters. The highest BCUT2D eigenvalue weighted by atomic mass is 32.1. The predicted octanol–water partition coefficient (Wildman–Crippen LogP) is 3.63. The third-order valence-electron chi connectivity index (χ3n) is 4.38. The van der Waals surface area contributed by atoms with Crippen LogP contribution >= 0.6 is 23.6 Å². The zero-order chi connectivity index (χ0) is 19.4. The van der Waals surface area contributed by atoms with Gasteiger partial charge in [-0.25, -0.2) is 0 Å². The third kappa shape index (κ3) is 4.44. The average Bonchev–Trinajstić information content (AvgIpc) is 3.28. The smallest absolute Gasteiger partial charge is 0.352 e. The molecule has 0 aromatic carbocycles. The number of aromatic nitrogens is 4. The van der Waals surface area contributed by atoms with Crippen molar-refractivity contribution in [3.63, 3.8) is 0 Å². The second kappa shape index (κ2) is 8.75. The minimum Gasteiger partial charge on any atom is -0.354 e. The lowest BCUT2D eigenvalue weighted by Crippen LogP contribution is -2.21. The van der Waals surface area contributed by atoms with Crippen molar-refractivity contribution in [1.82, 2.24) is 19.5 Å². The van der Waals surface area contributed by atoms with Crippen LogP contribution in [-0.2, 0) is 6.54 Å². The van der Waals surface area contributed by atoms with Gasteiger partial charge in [0.15, 0.2) is 3.95 Å². The topological polar surface area (TPSA) is 80.5 Å². The molecule has 27 heavy (non-hydrogen) atoms. The van der Waals surface area contributed by atoms with Crippen molar-refractivity contribution in [2.24, 2.45) is 5.16 Å². The highest BCUT2D eigenvalue weighted by molar-refractivity contribution is 7.73. The Morgan fingerprint density at radius 3 is 2.63 bits per heavy atom. The minimum atomic E-state index is 0.193. The summed E-state index contributed by atoms with van der Waals surface area (Å²) in [5, 5.41) is 7.38. The van der Waals surface area contributed by atoms with Crippen LogP contribution in [-0.4, -0.2) is 44.9 Å². The average molecular weight is 408 g/mol. The Morgan fingerprint density at radius 2 is 2.00 bits per heavy atom. The molecule has 2 aromatic rings. The maximum absolute atomic E-state index is 5.57. The van der Waals surface area contributed by atoms with Gasteiger partial charge in [-0.1, -0.05) is 5.16 Å². The van der Waals surface area contributed by atoms with Crippen LogP contribution in [0.3, 0.4) is 0 Å². The van der Waals surface area contributed by atoms with E-state index in [9.17, 15) is 0 Å². The monoisotopic (exact) mass is 407 g/mol. The molecule has 3 heterocycles. The predicted molar refractivity (Wildman–Crippen MR) is 112 cm³/mol. The van der Waals surface area contributed by atoms with Crippen molar-refractivity contribution >= 4 is 41.2 Å². The van der Waals surface area contributed by atoms with Gasteiger partial charge in [-0.2, -0.15) is 15.0 Å². The lowest BCUT2D eigenvalue weighted by atomic mass is 10.3.